The summed E-state index contributed by atoms with van der Waals surface area (Å²) in [5, 5.41) is 6.92. The van der Waals surface area contributed by atoms with E-state index in [0.29, 0.717) is 12.1 Å². The minimum absolute atomic E-state index is 0.495. The van der Waals surface area contributed by atoms with Crippen LogP contribution in [0.15, 0.2) is 4.99 Å². The second-order valence-electron chi connectivity index (χ2n) is 6.68. The SMILES string of the molecule is CCCCCCC(C)NC(=NC)NCCCCN(C)C(C)C. The molecule has 0 amide bonds. The number of guanidine groups is 1. The van der Waals surface area contributed by atoms with Crippen molar-refractivity contribution in [3.8, 4) is 0 Å². The van der Waals surface area contributed by atoms with Crippen molar-refractivity contribution in [3.05, 3.63) is 0 Å². The van der Waals surface area contributed by atoms with E-state index < -0.39 is 0 Å². The summed E-state index contributed by atoms with van der Waals surface area (Å²) < 4.78 is 0. The van der Waals surface area contributed by atoms with Gasteiger partial charge in [0, 0.05) is 25.7 Å². The van der Waals surface area contributed by atoms with Crippen LogP contribution in [0.2, 0.25) is 0 Å². The van der Waals surface area contributed by atoms with Crippen LogP contribution < -0.4 is 10.6 Å². The van der Waals surface area contributed by atoms with E-state index in [1.807, 2.05) is 7.05 Å². The maximum atomic E-state index is 4.32. The zero-order valence-electron chi connectivity index (χ0n) is 15.9. The lowest BCUT2D eigenvalue weighted by molar-refractivity contribution is 0.268. The molecule has 4 nitrogen and oxygen atoms in total. The molecule has 0 rings (SSSR count). The van der Waals surface area contributed by atoms with Crippen LogP contribution in [0.4, 0.5) is 0 Å². The molecule has 0 aliphatic heterocycles. The zero-order chi connectivity index (χ0) is 16.8. The Morgan fingerprint density at radius 1 is 1.05 bits per heavy atom. The fraction of sp³-hybridized carbons (Fsp3) is 0.944. The molecule has 0 aliphatic carbocycles. The first kappa shape index (κ1) is 21.2. The van der Waals surface area contributed by atoms with Crippen LogP contribution in [0.3, 0.4) is 0 Å². The molecule has 4 heteroatoms. The van der Waals surface area contributed by atoms with Crippen LogP contribution >= 0.6 is 0 Å². The van der Waals surface area contributed by atoms with E-state index in [1.165, 1.54) is 51.5 Å². The maximum Gasteiger partial charge on any atom is 0.191 e. The molecule has 0 fully saturated rings. The van der Waals surface area contributed by atoms with Crippen molar-refractivity contribution in [1.29, 1.82) is 0 Å². The topological polar surface area (TPSA) is 39.7 Å². The van der Waals surface area contributed by atoms with Gasteiger partial charge in [-0.3, -0.25) is 4.99 Å². The van der Waals surface area contributed by atoms with Gasteiger partial charge in [0.25, 0.3) is 0 Å². The standard InChI is InChI=1S/C18H40N4/c1-7-8-9-10-13-17(4)21-18(19-5)20-14-11-12-15-22(6)16(2)3/h16-17H,7-15H2,1-6H3,(H2,19,20,21). The second kappa shape index (κ2) is 13.9. The predicted octanol–water partition coefficient (Wildman–Crippen LogP) is 3.63. The van der Waals surface area contributed by atoms with Gasteiger partial charge in [-0.2, -0.15) is 0 Å². The summed E-state index contributed by atoms with van der Waals surface area (Å²) in [4.78, 5) is 6.71. The number of nitrogens with one attached hydrogen (secondary N) is 2. The molecular formula is C18H40N4. The first-order valence-corrected chi connectivity index (χ1v) is 9.18. The van der Waals surface area contributed by atoms with Gasteiger partial charge in [0.2, 0.25) is 0 Å². The maximum absolute atomic E-state index is 4.32. The molecule has 1 unspecified atom stereocenters. The Kier molecular flexibility index (Phi) is 13.4. The first-order valence-electron chi connectivity index (χ1n) is 9.18. The van der Waals surface area contributed by atoms with E-state index in [1.54, 1.807) is 0 Å². The van der Waals surface area contributed by atoms with Crippen molar-refractivity contribution in [1.82, 2.24) is 15.5 Å². The molecule has 0 aromatic carbocycles. The summed E-state index contributed by atoms with van der Waals surface area (Å²) >= 11 is 0. The van der Waals surface area contributed by atoms with Crippen molar-refractivity contribution in [2.45, 2.75) is 84.7 Å². The highest BCUT2D eigenvalue weighted by Gasteiger charge is 2.05. The first-order chi connectivity index (χ1) is 10.5. The molecule has 0 aromatic rings. The molecule has 132 valence electrons. The lowest BCUT2D eigenvalue weighted by Crippen LogP contribution is -2.42. The number of hydrogen-bond donors (Lipinski definition) is 2. The lowest BCUT2D eigenvalue weighted by atomic mass is 10.1. The quantitative estimate of drug-likeness (QED) is 0.328. The molecular weight excluding hydrogens is 272 g/mol. The summed E-state index contributed by atoms with van der Waals surface area (Å²) in [7, 11) is 4.05. The molecule has 0 radical (unpaired) electrons. The van der Waals surface area contributed by atoms with E-state index in [0.717, 1.165) is 12.5 Å². The predicted molar refractivity (Wildman–Crippen MR) is 99.7 cm³/mol. The summed E-state index contributed by atoms with van der Waals surface area (Å²) in [5.74, 6) is 0.945. The minimum Gasteiger partial charge on any atom is -0.356 e. The summed E-state index contributed by atoms with van der Waals surface area (Å²) in [6.07, 6.45) is 8.94. The molecule has 0 heterocycles. The third-order valence-electron chi connectivity index (χ3n) is 4.21. The molecule has 2 N–H and O–H groups in total. The van der Waals surface area contributed by atoms with Crippen LogP contribution in [-0.4, -0.2) is 50.1 Å². The Balaban J connectivity index is 3.70. The summed E-state index contributed by atoms with van der Waals surface area (Å²) in [6.45, 7) is 11.1. The van der Waals surface area contributed by atoms with E-state index >= 15 is 0 Å². The fourth-order valence-electron chi connectivity index (χ4n) is 2.33. The second-order valence-corrected chi connectivity index (χ2v) is 6.68. The Hall–Kier alpha value is -0.770. The monoisotopic (exact) mass is 312 g/mol. The van der Waals surface area contributed by atoms with Crippen LogP contribution in [0.25, 0.3) is 0 Å². The van der Waals surface area contributed by atoms with Crippen LogP contribution in [0, 0.1) is 0 Å². The van der Waals surface area contributed by atoms with E-state index in [9.17, 15) is 0 Å². The lowest BCUT2D eigenvalue weighted by Gasteiger charge is -2.21. The van der Waals surface area contributed by atoms with Crippen molar-refractivity contribution >= 4 is 5.96 Å². The van der Waals surface area contributed by atoms with E-state index in [-0.39, 0.29) is 0 Å². The van der Waals surface area contributed by atoms with Gasteiger partial charge in [0.15, 0.2) is 5.96 Å². The van der Waals surface area contributed by atoms with Gasteiger partial charge in [-0.05, 0) is 53.6 Å². The zero-order valence-corrected chi connectivity index (χ0v) is 15.9. The van der Waals surface area contributed by atoms with Gasteiger partial charge < -0.3 is 15.5 Å². The number of nitrogens with zero attached hydrogens (tertiary/aromatic N) is 2. The van der Waals surface area contributed by atoms with Crippen LogP contribution in [0.5, 0.6) is 0 Å². The van der Waals surface area contributed by atoms with Crippen molar-refractivity contribution in [3.63, 3.8) is 0 Å². The van der Waals surface area contributed by atoms with Gasteiger partial charge in [0.05, 0.1) is 0 Å². The van der Waals surface area contributed by atoms with E-state index in [2.05, 4.69) is 55.3 Å². The molecule has 0 saturated carbocycles. The van der Waals surface area contributed by atoms with Crippen molar-refractivity contribution < 1.29 is 0 Å². The summed E-state index contributed by atoms with van der Waals surface area (Å²) in [5.41, 5.74) is 0. The normalized spacial score (nSPS) is 13.7. The van der Waals surface area contributed by atoms with E-state index in [4.69, 9.17) is 0 Å². The molecule has 0 spiro atoms. The van der Waals surface area contributed by atoms with Gasteiger partial charge in [0.1, 0.15) is 0 Å². The number of unbranched alkanes of at least 4 members (excludes halogenated alkanes) is 4. The third-order valence-corrected chi connectivity index (χ3v) is 4.21. The molecule has 0 bridgehead atoms. The van der Waals surface area contributed by atoms with Gasteiger partial charge >= 0.3 is 0 Å². The van der Waals surface area contributed by atoms with Crippen LogP contribution in [0.1, 0.15) is 72.6 Å². The number of aliphatic imine (C=N–C) groups is 1. The smallest absolute Gasteiger partial charge is 0.191 e. The van der Waals surface area contributed by atoms with Crippen LogP contribution in [-0.2, 0) is 0 Å². The molecule has 0 aliphatic rings. The minimum atomic E-state index is 0.495. The van der Waals surface area contributed by atoms with Crippen molar-refractivity contribution in [2.24, 2.45) is 4.99 Å². The highest BCUT2D eigenvalue weighted by molar-refractivity contribution is 5.79. The Morgan fingerprint density at radius 2 is 1.77 bits per heavy atom. The Morgan fingerprint density at radius 3 is 2.36 bits per heavy atom. The Labute approximate surface area is 139 Å². The van der Waals surface area contributed by atoms with Gasteiger partial charge in [-0.25, -0.2) is 0 Å². The number of rotatable bonds is 12. The fourth-order valence-corrected chi connectivity index (χ4v) is 2.33. The molecule has 1 atom stereocenters. The molecule has 0 aromatic heterocycles. The van der Waals surface area contributed by atoms with Gasteiger partial charge in [-0.15, -0.1) is 0 Å². The summed E-state index contributed by atoms with van der Waals surface area (Å²) in [6, 6.07) is 1.13. The highest BCUT2D eigenvalue weighted by Crippen LogP contribution is 2.05. The highest BCUT2D eigenvalue weighted by atomic mass is 15.2. The third kappa shape index (κ3) is 11.8. The van der Waals surface area contributed by atoms with Gasteiger partial charge in [-0.1, -0.05) is 32.6 Å². The average Bonchev–Trinajstić information content (AvgIpc) is 2.49. The molecule has 22 heavy (non-hydrogen) atoms. The van der Waals surface area contributed by atoms with Crippen molar-refractivity contribution in [2.75, 3.05) is 27.2 Å². The largest absolute Gasteiger partial charge is 0.356 e. The Bertz CT molecular complexity index is 276. The molecule has 0 saturated heterocycles. The average molecular weight is 313 g/mol. The number of hydrogen-bond acceptors (Lipinski definition) is 2.